The lowest BCUT2D eigenvalue weighted by molar-refractivity contribution is 0.938. The summed E-state index contributed by atoms with van der Waals surface area (Å²) in [5.41, 5.74) is 5.26. The van der Waals surface area contributed by atoms with Crippen LogP contribution >= 0.6 is 0 Å². The fourth-order valence-corrected chi connectivity index (χ4v) is 0.499. The van der Waals surface area contributed by atoms with Crippen molar-refractivity contribution < 1.29 is 0 Å². The molecule has 0 atom stereocenters. The van der Waals surface area contributed by atoms with Crippen molar-refractivity contribution in [3.8, 4) is 0 Å². The average Bonchev–Trinajstić information content (AvgIpc) is 1.81. The zero-order valence-electron chi connectivity index (χ0n) is 5.56. The molecule has 0 amide bonds. The van der Waals surface area contributed by atoms with Gasteiger partial charge < -0.3 is 5.73 Å². The summed E-state index contributed by atoms with van der Waals surface area (Å²) in [5, 5.41) is 0. The normalized spacial score (nSPS) is 10.8. The van der Waals surface area contributed by atoms with Gasteiger partial charge >= 0.3 is 0 Å². The van der Waals surface area contributed by atoms with Gasteiger partial charge in [-0.2, -0.15) is 0 Å². The molecule has 0 radical (unpaired) electrons. The van der Waals surface area contributed by atoms with E-state index in [1.165, 1.54) is 12.8 Å². The van der Waals surface area contributed by atoms with Crippen LogP contribution in [0.5, 0.6) is 0 Å². The molecule has 0 aliphatic carbocycles. The molecular formula is C7H15N. The summed E-state index contributed by atoms with van der Waals surface area (Å²) in [6.45, 7) is 2.95. The third kappa shape index (κ3) is 5.70. The molecule has 0 saturated carbocycles. The smallest absolute Gasteiger partial charge is 0.00426 e. The highest BCUT2D eigenvalue weighted by molar-refractivity contribution is 4.80. The van der Waals surface area contributed by atoms with Gasteiger partial charge in [0, 0.05) is 0 Å². The number of nitrogens with two attached hydrogens (primary N) is 1. The molecule has 0 aromatic rings. The Bertz CT molecular complexity index is 49.4. The van der Waals surface area contributed by atoms with E-state index in [4.69, 9.17) is 5.73 Å². The second kappa shape index (κ2) is 6.70. The molecule has 1 heteroatoms. The first-order valence-electron chi connectivity index (χ1n) is 3.27. The maximum absolute atomic E-state index is 5.26. The highest BCUT2D eigenvalue weighted by atomic mass is 14.5. The van der Waals surface area contributed by atoms with E-state index in [9.17, 15) is 0 Å². The minimum atomic E-state index is 0.778. The second-order valence-electron chi connectivity index (χ2n) is 1.84. The molecule has 0 heterocycles. The molecule has 0 bridgehead atoms. The van der Waals surface area contributed by atoms with Crippen molar-refractivity contribution in [2.75, 3.05) is 6.54 Å². The SMILES string of the molecule is CCC/C=C/CCN. The van der Waals surface area contributed by atoms with Gasteiger partial charge in [-0.15, -0.1) is 0 Å². The Kier molecular flexibility index (Phi) is 6.45. The Balaban J connectivity index is 2.83. The lowest BCUT2D eigenvalue weighted by Gasteiger charge is -1.83. The molecule has 48 valence electrons. The fourth-order valence-electron chi connectivity index (χ4n) is 0.499. The van der Waals surface area contributed by atoms with Crippen molar-refractivity contribution in [3.05, 3.63) is 12.2 Å². The van der Waals surface area contributed by atoms with Crippen molar-refractivity contribution in [1.29, 1.82) is 0 Å². The molecule has 0 spiro atoms. The molecule has 0 aromatic heterocycles. The Labute approximate surface area is 51.6 Å². The van der Waals surface area contributed by atoms with Crippen LogP contribution in [0.2, 0.25) is 0 Å². The quantitative estimate of drug-likeness (QED) is 0.552. The third-order valence-corrected chi connectivity index (χ3v) is 0.955. The summed E-state index contributed by atoms with van der Waals surface area (Å²) in [6.07, 6.45) is 7.79. The van der Waals surface area contributed by atoms with Crippen LogP contribution in [-0.4, -0.2) is 6.54 Å². The average molecular weight is 113 g/mol. The molecule has 0 aromatic carbocycles. The summed E-state index contributed by atoms with van der Waals surface area (Å²) < 4.78 is 0. The van der Waals surface area contributed by atoms with Crippen LogP contribution in [0.25, 0.3) is 0 Å². The van der Waals surface area contributed by atoms with E-state index in [1.807, 2.05) is 0 Å². The van der Waals surface area contributed by atoms with E-state index in [0.717, 1.165) is 13.0 Å². The summed E-state index contributed by atoms with van der Waals surface area (Å²) in [7, 11) is 0. The van der Waals surface area contributed by atoms with Crippen molar-refractivity contribution in [2.24, 2.45) is 5.73 Å². The lowest BCUT2D eigenvalue weighted by atomic mass is 10.3. The van der Waals surface area contributed by atoms with Crippen molar-refractivity contribution >= 4 is 0 Å². The van der Waals surface area contributed by atoms with Crippen LogP contribution in [0, 0.1) is 0 Å². The molecule has 2 N–H and O–H groups in total. The van der Waals surface area contributed by atoms with E-state index in [0.29, 0.717) is 0 Å². The third-order valence-electron chi connectivity index (χ3n) is 0.955. The minimum absolute atomic E-state index is 0.778. The van der Waals surface area contributed by atoms with Crippen LogP contribution < -0.4 is 5.73 Å². The number of allylic oxidation sites excluding steroid dienone is 1. The Morgan fingerprint density at radius 1 is 1.25 bits per heavy atom. The second-order valence-corrected chi connectivity index (χ2v) is 1.84. The van der Waals surface area contributed by atoms with Crippen molar-refractivity contribution in [2.45, 2.75) is 26.2 Å². The van der Waals surface area contributed by atoms with Crippen molar-refractivity contribution in [1.82, 2.24) is 0 Å². The monoisotopic (exact) mass is 113 g/mol. The van der Waals surface area contributed by atoms with E-state index < -0.39 is 0 Å². The first-order chi connectivity index (χ1) is 3.91. The van der Waals surface area contributed by atoms with Gasteiger partial charge in [0.15, 0.2) is 0 Å². The summed E-state index contributed by atoms with van der Waals surface area (Å²) in [6, 6.07) is 0. The molecular weight excluding hydrogens is 98.1 g/mol. The first-order valence-corrected chi connectivity index (χ1v) is 3.27. The molecule has 0 unspecified atom stereocenters. The molecule has 0 aliphatic heterocycles. The van der Waals surface area contributed by atoms with Crippen LogP contribution in [0.4, 0.5) is 0 Å². The zero-order chi connectivity index (χ0) is 6.24. The van der Waals surface area contributed by atoms with Gasteiger partial charge in [-0.05, 0) is 19.4 Å². The highest BCUT2D eigenvalue weighted by Crippen LogP contribution is 1.88. The van der Waals surface area contributed by atoms with Gasteiger partial charge in [0.1, 0.15) is 0 Å². The predicted molar refractivity (Wildman–Crippen MR) is 37.7 cm³/mol. The van der Waals surface area contributed by atoms with Gasteiger partial charge in [-0.25, -0.2) is 0 Å². The highest BCUT2D eigenvalue weighted by Gasteiger charge is 1.72. The van der Waals surface area contributed by atoms with Crippen LogP contribution in [0.3, 0.4) is 0 Å². The molecule has 0 saturated heterocycles. The summed E-state index contributed by atoms with van der Waals surface area (Å²) in [4.78, 5) is 0. The van der Waals surface area contributed by atoms with Gasteiger partial charge in [-0.3, -0.25) is 0 Å². The Hall–Kier alpha value is -0.300. The number of rotatable bonds is 4. The van der Waals surface area contributed by atoms with Gasteiger partial charge in [0.05, 0.1) is 0 Å². The number of hydrogen-bond acceptors (Lipinski definition) is 1. The fraction of sp³-hybridized carbons (Fsp3) is 0.714. The van der Waals surface area contributed by atoms with E-state index >= 15 is 0 Å². The van der Waals surface area contributed by atoms with Gasteiger partial charge in [0.2, 0.25) is 0 Å². The topological polar surface area (TPSA) is 26.0 Å². The number of unbranched alkanes of at least 4 members (excludes halogenated alkanes) is 1. The van der Waals surface area contributed by atoms with Crippen molar-refractivity contribution in [3.63, 3.8) is 0 Å². The molecule has 0 rings (SSSR count). The zero-order valence-corrected chi connectivity index (χ0v) is 5.56. The summed E-state index contributed by atoms with van der Waals surface area (Å²) in [5.74, 6) is 0. The predicted octanol–water partition coefficient (Wildman–Crippen LogP) is 1.69. The van der Waals surface area contributed by atoms with E-state index in [-0.39, 0.29) is 0 Å². The van der Waals surface area contributed by atoms with Gasteiger partial charge in [-0.1, -0.05) is 25.5 Å². The lowest BCUT2D eigenvalue weighted by Crippen LogP contribution is -1.94. The Morgan fingerprint density at radius 2 is 1.88 bits per heavy atom. The molecule has 1 nitrogen and oxygen atoms in total. The van der Waals surface area contributed by atoms with Crippen LogP contribution in [-0.2, 0) is 0 Å². The number of hydrogen-bond donors (Lipinski definition) is 1. The molecule has 0 fully saturated rings. The summed E-state index contributed by atoms with van der Waals surface area (Å²) >= 11 is 0. The van der Waals surface area contributed by atoms with Crippen LogP contribution in [0.15, 0.2) is 12.2 Å². The van der Waals surface area contributed by atoms with Gasteiger partial charge in [0.25, 0.3) is 0 Å². The van der Waals surface area contributed by atoms with Crippen LogP contribution in [0.1, 0.15) is 26.2 Å². The maximum Gasteiger partial charge on any atom is -0.00426 e. The standard InChI is InChI=1S/C7H15N/c1-2-3-4-5-6-7-8/h4-5H,2-3,6-8H2,1H3/b5-4+. The Morgan fingerprint density at radius 3 is 2.38 bits per heavy atom. The largest absolute Gasteiger partial charge is 0.330 e. The minimum Gasteiger partial charge on any atom is -0.330 e. The van der Waals surface area contributed by atoms with E-state index in [2.05, 4.69) is 19.1 Å². The molecule has 0 aliphatic rings. The van der Waals surface area contributed by atoms with E-state index in [1.54, 1.807) is 0 Å². The maximum atomic E-state index is 5.26. The first kappa shape index (κ1) is 7.70. The molecule has 8 heavy (non-hydrogen) atoms.